The summed E-state index contributed by atoms with van der Waals surface area (Å²) in [5.74, 6) is -0.672. The van der Waals surface area contributed by atoms with E-state index in [0.29, 0.717) is 35.8 Å². The Kier molecular flexibility index (Phi) is 5.55. The molecule has 0 aromatic heterocycles. The van der Waals surface area contributed by atoms with Crippen LogP contribution in [0.5, 0.6) is 0 Å². The van der Waals surface area contributed by atoms with Gasteiger partial charge in [0.1, 0.15) is 6.07 Å². The molecule has 1 atom stereocenters. The number of carbonyl (C=O) groups is 2. The molecule has 1 unspecified atom stereocenters. The highest BCUT2D eigenvalue weighted by atomic mass is 35.5. The van der Waals surface area contributed by atoms with Gasteiger partial charge in [0, 0.05) is 24.5 Å². The maximum atomic E-state index is 12.4. The Morgan fingerprint density at radius 3 is 2.69 bits per heavy atom. The molecule has 3 rings (SSSR count). The highest BCUT2D eigenvalue weighted by molar-refractivity contribution is 6.30. The van der Waals surface area contributed by atoms with Crippen molar-refractivity contribution >= 4 is 29.1 Å². The highest BCUT2D eigenvalue weighted by Gasteiger charge is 2.35. The van der Waals surface area contributed by atoms with E-state index in [-0.39, 0.29) is 18.2 Å². The molecule has 2 amide bonds. The topological polar surface area (TPSA) is 73.2 Å². The van der Waals surface area contributed by atoms with Gasteiger partial charge in [0.25, 0.3) is 0 Å². The van der Waals surface area contributed by atoms with Crippen molar-refractivity contribution in [2.45, 2.75) is 12.8 Å². The zero-order valence-corrected chi connectivity index (χ0v) is 14.9. The first-order valence-electron chi connectivity index (χ1n) is 8.40. The quantitative estimate of drug-likeness (QED) is 0.883. The zero-order chi connectivity index (χ0) is 18.5. The number of nitrogens with one attached hydrogen (secondary N) is 1. The number of nitriles is 1. The fraction of sp³-hybridized carbons (Fsp3) is 0.250. The van der Waals surface area contributed by atoms with Crippen LogP contribution in [0.25, 0.3) is 0 Å². The summed E-state index contributed by atoms with van der Waals surface area (Å²) >= 11 is 5.86. The first-order valence-corrected chi connectivity index (χ1v) is 8.78. The van der Waals surface area contributed by atoms with Crippen molar-refractivity contribution in [1.29, 1.82) is 5.26 Å². The van der Waals surface area contributed by atoms with Gasteiger partial charge in [-0.3, -0.25) is 9.59 Å². The molecule has 0 aliphatic carbocycles. The van der Waals surface area contributed by atoms with Gasteiger partial charge in [-0.1, -0.05) is 35.9 Å². The fourth-order valence-corrected chi connectivity index (χ4v) is 3.17. The minimum Gasteiger partial charge on any atom is -0.355 e. The molecule has 0 radical (unpaired) electrons. The molecule has 2 aromatic rings. The Morgan fingerprint density at radius 2 is 1.96 bits per heavy atom. The Hall–Kier alpha value is -2.84. The lowest BCUT2D eigenvalue weighted by Gasteiger charge is -2.18. The summed E-state index contributed by atoms with van der Waals surface area (Å²) in [4.78, 5) is 26.2. The summed E-state index contributed by atoms with van der Waals surface area (Å²) < 4.78 is 0. The predicted octanol–water partition coefficient (Wildman–Crippen LogP) is 2.92. The first-order chi connectivity index (χ1) is 12.6. The molecule has 2 aromatic carbocycles. The van der Waals surface area contributed by atoms with Gasteiger partial charge in [-0.25, -0.2) is 0 Å². The average Bonchev–Trinajstić information content (AvgIpc) is 3.05. The highest BCUT2D eigenvalue weighted by Crippen LogP contribution is 2.27. The van der Waals surface area contributed by atoms with E-state index in [2.05, 4.69) is 11.4 Å². The van der Waals surface area contributed by atoms with Gasteiger partial charge in [-0.15, -0.1) is 0 Å². The fourth-order valence-electron chi connectivity index (χ4n) is 3.05. The third-order valence-corrected chi connectivity index (χ3v) is 4.69. The summed E-state index contributed by atoms with van der Waals surface area (Å²) in [6.07, 6.45) is 0.858. The van der Waals surface area contributed by atoms with Gasteiger partial charge in [-0.2, -0.15) is 5.26 Å². The molecule has 1 aliphatic rings. The van der Waals surface area contributed by atoms with Gasteiger partial charge in [0.2, 0.25) is 11.8 Å². The number of amides is 2. The molecule has 5 nitrogen and oxygen atoms in total. The molecule has 132 valence electrons. The number of rotatable bonds is 5. The number of hydrogen-bond donors (Lipinski definition) is 1. The minimum absolute atomic E-state index is 0.134. The van der Waals surface area contributed by atoms with E-state index in [1.165, 1.54) is 4.90 Å². The second-order valence-corrected chi connectivity index (χ2v) is 6.64. The van der Waals surface area contributed by atoms with Gasteiger partial charge in [0.05, 0.1) is 17.2 Å². The molecular formula is C20H18ClN3O2. The van der Waals surface area contributed by atoms with Crippen LogP contribution in [0.2, 0.25) is 5.02 Å². The number of benzene rings is 2. The molecular weight excluding hydrogens is 350 g/mol. The number of para-hydroxylation sites is 1. The normalized spacial score (nSPS) is 16.4. The Labute approximate surface area is 157 Å². The molecule has 0 saturated carbocycles. The van der Waals surface area contributed by atoms with Crippen LogP contribution in [-0.4, -0.2) is 24.9 Å². The van der Waals surface area contributed by atoms with E-state index in [4.69, 9.17) is 11.6 Å². The van der Waals surface area contributed by atoms with Crippen molar-refractivity contribution in [1.82, 2.24) is 5.32 Å². The molecule has 1 heterocycles. The standard InChI is InChI=1S/C20H18ClN3O2/c21-17-7-5-14(6-8-17)9-10-23-20(26)16-11-19(25)24(13-16)18-4-2-1-3-15(18)12-22/h1-8,16H,9-11,13H2,(H,23,26). The van der Waals surface area contributed by atoms with Crippen LogP contribution in [0.3, 0.4) is 0 Å². The van der Waals surface area contributed by atoms with Crippen molar-refractivity contribution in [2.24, 2.45) is 5.92 Å². The van der Waals surface area contributed by atoms with E-state index in [0.717, 1.165) is 5.56 Å². The van der Waals surface area contributed by atoms with Crippen LogP contribution < -0.4 is 10.2 Å². The lowest BCUT2D eigenvalue weighted by Crippen LogP contribution is -2.34. The maximum absolute atomic E-state index is 12.4. The lowest BCUT2D eigenvalue weighted by atomic mass is 10.1. The largest absolute Gasteiger partial charge is 0.355 e. The van der Waals surface area contributed by atoms with Crippen molar-refractivity contribution < 1.29 is 9.59 Å². The Morgan fingerprint density at radius 1 is 1.23 bits per heavy atom. The second-order valence-electron chi connectivity index (χ2n) is 6.20. The van der Waals surface area contributed by atoms with Gasteiger partial charge in [0.15, 0.2) is 0 Å². The van der Waals surface area contributed by atoms with E-state index >= 15 is 0 Å². The van der Waals surface area contributed by atoms with Crippen LogP contribution in [0.15, 0.2) is 48.5 Å². The lowest BCUT2D eigenvalue weighted by molar-refractivity contribution is -0.126. The SMILES string of the molecule is N#Cc1ccccc1N1CC(C(=O)NCCc2ccc(Cl)cc2)CC1=O. The number of carbonyl (C=O) groups excluding carboxylic acids is 2. The van der Waals surface area contributed by atoms with Gasteiger partial charge < -0.3 is 10.2 Å². The number of anilines is 1. The van der Waals surface area contributed by atoms with Crippen LogP contribution in [0, 0.1) is 17.2 Å². The van der Waals surface area contributed by atoms with E-state index < -0.39 is 5.92 Å². The third kappa shape index (κ3) is 4.04. The summed E-state index contributed by atoms with van der Waals surface area (Å²) in [5, 5.41) is 12.8. The molecule has 1 saturated heterocycles. The molecule has 1 N–H and O–H groups in total. The van der Waals surface area contributed by atoms with Crippen molar-refractivity contribution in [3.05, 3.63) is 64.7 Å². The summed E-state index contributed by atoms with van der Waals surface area (Å²) in [5.41, 5.74) is 2.09. The summed E-state index contributed by atoms with van der Waals surface area (Å²) in [7, 11) is 0. The Bertz CT molecular complexity index is 858. The molecule has 0 spiro atoms. The summed E-state index contributed by atoms with van der Waals surface area (Å²) in [6.45, 7) is 0.796. The van der Waals surface area contributed by atoms with Gasteiger partial charge >= 0.3 is 0 Å². The molecule has 1 fully saturated rings. The van der Waals surface area contributed by atoms with Crippen LogP contribution in [0.4, 0.5) is 5.69 Å². The van der Waals surface area contributed by atoms with Crippen LogP contribution >= 0.6 is 11.6 Å². The monoisotopic (exact) mass is 367 g/mol. The van der Waals surface area contributed by atoms with Crippen LogP contribution in [-0.2, 0) is 16.0 Å². The second kappa shape index (κ2) is 8.03. The zero-order valence-electron chi connectivity index (χ0n) is 14.1. The number of nitrogens with zero attached hydrogens (tertiary/aromatic N) is 2. The maximum Gasteiger partial charge on any atom is 0.227 e. The Balaban J connectivity index is 1.57. The smallest absolute Gasteiger partial charge is 0.227 e. The van der Waals surface area contributed by atoms with Crippen molar-refractivity contribution in [3.63, 3.8) is 0 Å². The number of hydrogen-bond acceptors (Lipinski definition) is 3. The predicted molar refractivity (Wildman–Crippen MR) is 99.8 cm³/mol. The third-order valence-electron chi connectivity index (χ3n) is 4.44. The van der Waals surface area contributed by atoms with Gasteiger partial charge in [-0.05, 0) is 36.2 Å². The minimum atomic E-state index is -0.403. The first kappa shape index (κ1) is 18.0. The molecule has 1 aliphatic heterocycles. The molecule has 26 heavy (non-hydrogen) atoms. The van der Waals surface area contributed by atoms with E-state index in [9.17, 15) is 14.9 Å². The molecule has 0 bridgehead atoms. The van der Waals surface area contributed by atoms with E-state index in [1.807, 2.05) is 24.3 Å². The van der Waals surface area contributed by atoms with Crippen molar-refractivity contribution in [3.8, 4) is 6.07 Å². The number of halogens is 1. The summed E-state index contributed by atoms with van der Waals surface area (Å²) in [6, 6.07) is 16.5. The van der Waals surface area contributed by atoms with Crippen molar-refractivity contribution in [2.75, 3.05) is 18.0 Å². The van der Waals surface area contributed by atoms with Crippen LogP contribution in [0.1, 0.15) is 17.5 Å². The molecule has 6 heteroatoms. The van der Waals surface area contributed by atoms with E-state index in [1.54, 1.807) is 24.3 Å². The average molecular weight is 368 g/mol.